The lowest BCUT2D eigenvalue weighted by atomic mass is 10.1. The van der Waals surface area contributed by atoms with Crippen LogP contribution in [0.15, 0.2) is 12.1 Å². The standard InChI is InChI=1S/C8H6ClF2NO2/c1-4-6(9)2-5(8(10)11)3-7(4)12(13)14/h2-3,8H,1H3. The Bertz CT molecular complexity index is 382. The third-order valence-electron chi connectivity index (χ3n) is 1.79. The quantitative estimate of drug-likeness (QED) is 0.567. The van der Waals surface area contributed by atoms with Crippen molar-refractivity contribution in [2.75, 3.05) is 0 Å². The van der Waals surface area contributed by atoms with E-state index in [1.54, 1.807) is 0 Å². The smallest absolute Gasteiger partial charge is 0.258 e. The van der Waals surface area contributed by atoms with Gasteiger partial charge in [-0.1, -0.05) is 11.6 Å². The van der Waals surface area contributed by atoms with Crippen molar-refractivity contribution in [1.29, 1.82) is 0 Å². The molecule has 0 amide bonds. The van der Waals surface area contributed by atoms with Crippen molar-refractivity contribution >= 4 is 17.3 Å². The van der Waals surface area contributed by atoms with Crippen LogP contribution in [-0.4, -0.2) is 4.92 Å². The molecule has 0 saturated carbocycles. The van der Waals surface area contributed by atoms with Gasteiger partial charge in [-0.3, -0.25) is 10.1 Å². The number of benzene rings is 1. The number of hydrogen-bond donors (Lipinski definition) is 0. The molecule has 0 radical (unpaired) electrons. The molecule has 0 aromatic heterocycles. The summed E-state index contributed by atoms with van der Waals surface area (Å²) in [6.07, 6.45) is -2.76. The van der Waals surface area contributed by atoms with E-state index < -0.39 is 16.9 Å². The third kappa shape index (κ3) is 1.98. The van der Waals surface area contributed by atoms with Crippen LogP contribution in [0.2, 0.25) is 5.02 Å². The Morgan fingerprint density at radius 1 is 1.50 bits per heavy atom. The van der Waals surface area contributed by atoms with Gasteiger partial charge in [0.05, 0.1) is 9.95 Å². The molecule has 0 unspecified atom stereocenters. The van der Waals surface area contributed by atoms with Gasteiger partial charge in [-0.25, -0.2) is 8.78 Å². The molecule has 1 aromatic carbocycles. The fraction of sp³-hybridized carbons (Fsp3) is 0.250. The Hall–Kier alpha value is -1.23. The lowest BCUT2D eigenvalue weighted by Gasteiger charge is -2.03. The molecular formula is C8H6ClF2NO2. The van der Waals surface area contributed by atoms with Crippen LogP contribution in [0.25, 0.3) is 0 Å². The topological polar surface area (TPSA) is 43.1 Å². The minimum absolute atomic E-state index is 0.0190. The normalized spacial score (nSPS) is 10.6. The molecule has 0 N–H and O–H groups in total. The van der Waals surface area contributed by atoms with Crippen molar-refractivity contribution in [2.45, 2.75) is 13.3 Å². The first-order chi connectivity index (χ1) is 6.43. The lowest BCUT2D eigenvalue weighted by Crippen LogP contribution is -1.95. The van der Waals surface area contributed by atoms with E-state index in [1.807, 2.05) is 0 Å². The lowest BCUT2D eigenvalue weighted by molar-refractivity contribution is -0.385. The Labute approximate surface area is 83.4 Å². The Morgan fingerprint density at radius 3 is 2.50 bits per heavy atom. The van der Waals surface area contributed by atoms with Gasteiger partial charge < -0.3 is 0 Å². The van der Waals surface area contributed by atoms with E-state index in [9.17, 15) is 18.9 Å². The first kappa shape index (κ1) is 10.8. The van der Waals surface area contributed by atoms with Crippen LogP contribution in [-0.2, 0) is 0 Å². The predicted molar refractivity (Wildman–Crippen MR) is 47.8 cm³/mol. The van der Waals surface area contributed by atoms with Gasteiger partial charge in [0.25, 0.3) is 12.1 Å². The SMILES string of the molecule is Cc1c(Cl)cc(C(F)F)cc1[N+](=O)[O-]. The molecule has 14 heavy (non-hydrogen) atoms. The summed E-state index contributed by atoms with van der Waals surface area (Å²) >= 11 is 5.57. The van der Waals surface area contributed by atoms with Gasteiger partial charge in [-0.05, 0) is 13.0 Å². The van der Waals surface area contributed by atoms with E-state index in [0.29, 0.717) is 0 Å². The first-order valence-corrected chi connectivity index (χ1v) is 4.04. The molecule has 0 heterocycles. The molecule has 1 rings (SSSR count). The van der Waals surface area contributed by atoms with Gasteiger partial charge in [0.2, 0.25) is 0 Å². The molecule has 0 spiro atoms. The van der Waals surface area contributed by atoms with E-state index in [0.717, 1.165) is 12.1 Å². The van der Waals surface area contributed by atoms with Crippen molar-refractivity contribution in [3.63, 3.8) is 0 Å². The first-order valence-electron chi connectivity index (χ1n) is 3.66. The van der Waals surface area contributed by atoms with E-state index in [-0.39, 0.29) is 16.3 Å². The van der Waals surface area contributed by atoms with E-state index >= 15 is 0 Å². The fourth-order valence-corrected chi connectivity index (χ4v) is 1.22. The Balaban J connectivity index is 3.35. The number of rotatable bonds is 2. The number of hydrogen-bond acceptors (Lipinski definition) is 2. The maximum absolute atomic E-state index is 12.2. The Kier molecular flexibility index (Phi) is 3.00. The van der Waals surface area contributed by atoms with Crippen molar-refractivity contribution in [3.05, 3.63) is 38.4 Å². The third-order valence-corrected chi connectivity index (χ3v) is 2.18. The highest BCUT2D eigenvalue weighted by Crippen LogP contribution is 2.31. The van der Waals surface area contributed by atoms with E-state index in [1.165, 1.54) is 6.92 Å². The average Bonchev–Trinajstić information content (AvgIpc) is 2.08. The fourth-order valence-electron chi connectivity index (χ4n) is 1.00. The molecule has 6 heteroatoms. The number of nitrogens with zero attached hydrogens (tertiary/aromatic N) is 1. The highest BCUT2D eigenvalue weighted by Gasteiger charge is 2.18. The number of halogens is 3. The summed E-state index contributed by atoms with van der Waals surface area (Å²) in [5, 5.41) is 10.4. The molecule has 0 aliphatic heterocycles. The second-order valence-corrected chi connectivity index (χ2v) is 3.11. The second kappa shape index (κ2) is 3.88. The number of nitro groups is 1. The minimum atomic E-state index is -2.76. The van der Waals surface area contributed by atoms with Crippen molar-refractivity contribution in [3.8, 4) is 0 Å². The monoisotopic (exact) mass is 221 g/mol. The summed E-state index contributed by atoms with van der Waals surface area (Å²) in [4.78, 5) is 9.72. The summed E-state index contributed by atoms with van der Waals surface area (Å²) < 4.78 is 24.5. The molecule has 0 saturated heterocycles. The predicted octanol–water partition coefficient (Wildman–Crippen LogP) is 3.49. The van der Waals surface area contributed by atoms with Crippen LogP contribution >= 0.6 is 11.6 Å². The molecule has 76 valence electrons. The number of alkyl halides is 2. The molecule has 0 atom stereocenters. The van der Waals surface area contributed by atoms with Crippen molar-refractivity contribution < 1.29 is 13.7 Å². The summed E-state index contributed by atoms with van der Waals surface area (Å²) in [5.41, 5.74) is -0.624. The molecule has 0 fully saturated rings. The summed E-state index contributed by atoms with van der Waals surface area (Å²) in [7, 11) is 0. The summed E-state index contributed by atoms with van der Waals surface area (Å²) in [6.45, 7) is 1.41. The molecule has 0 bridgehead atoms. The zero-order valence-electron chi connectivity index (χ0n) is 7.13. The van der Waals surface area contributed by atoms with Crippen LogP contribution in [0.4, 0.5) is 14.5 Å². The number of nitro benzene ring substituents is 1. The van der Waals surface area contributed by atoms with Crippen LogP contribution in [0.1, 0.15) is 17.6 Å². The summed E-state index contributed by atoms with van der Waals surface area (Å²) in [6, 6.07) is 1.88. The molecule has 0 aliphatic rings. The van der Waals surface area contributed by atoms with Gasteiger partial charge in [0.1, 0.15) is 0 Å². The van der Waals surface area contributed by atoms with Crippen molar-refractivity contribution in [1.82, 2.24) is 0 Å². The minimum Gasteiger partial charge on any atom is -0.258 e. The maximum Gasteiger partial charge on any atom is 0.274 e. The molecule has 0 aliphatic carbocycles. The zero-order chi connectivity index (χ0) is 10.9. The molecule has 3 nitrogen and oxygen atoms in total. The van der Waals surface area contributed by atoms with Crippen LogP contribution in [0.5, 0.6) is 0 Å². The van der Waals surface area contributed by atoms with Gasteiger partial charge in [0.15, 0.2) is 0 Å². The summed E-state index contributed by atoms with van der Waals surface area (Å²) in [5.74, 6) is 0. The van der Waals surface area contributed by atoms with E-state index in [2.05, 4.69) is 0 Å². The van der Waals surface area contributed by atoms with Gasteiger partial charge in [-0.15, -0.1) is 0 Å². The second-order valence-electron chi connectivity index (χ2n) is 2.70. The average molecular weight is 222 g/mol. The zero-order valence-corrected chi connectivity index (χ0v) is 7.89. The van der Waals surface area contributed by atoms with E-state index in [4.69, 9.17) is 11.6 Å². The maximum atomic E-state index is 12.2. The molecular weight excluding hydrogens is 216 g/mol. The van der Waals surface area contributed by atoms with Crippen LogP contribution < -0.4 is 0 Å². The van der Waals surface area contributed by atoms with Gasteiger partial charge in [-0.2, -0.15) is 0 Å². The van der Waals surface area contributed by atoms with Crippen LogP contribution in [0.3, 0.4) is 0 Å². The largest absolute Gasteiger partial charge is 0.274 e. The highest BCUT2D eigenvalue weighted by atomic mass is 35.5. The van der Waals surface area contributed by atoms with Gasteiger partial charge >= 0.3 is 0 Å². The Morgan fingerprint density at radius 2 is 2.07 bits per heavy atom. The van der Waals surface area contributed by atoms with Crippen molar-refractivity contribution in [2.24, 2.45) is 0 Å². The van der Waals surface area contributed by atoms with Gasteiger partial charge in [0, 0.05) is 17.2 Å². The highest BCUT2D eigenvalue weighted by molar-refractivity contribution is 6.31. The molecule has 1 aromatic rings. The van der Waals surface area contributed by atoms with Crippen LogP contribution in [0, 0.1) is 17.0 Å².